The van der Waals surface area contributed by atoms with Crippen LogP contribution < -0.4 is 21.5 Å². The Kier molecular flexibility index (Phi) is 6.49. The van der Waals surface area contributed by atoms with E-state index in [0.29, 0.717) is 16.8 Å². The third-order valence-corrected chi connectivity index (χ3v) is 4.98. The van der Waals surface area contributed by atoms with E-state index in [2.05, 4.69) is 26.5 Å². The van der Waals surface area contributed by atoms with E-state index in [9.17, 15) is 9.59 Å². The molecule has 1 fully saturated rings. The van der Waals surface area contributed by atoms with Crippen LogP contribution in [0, 0.1) is 0 Å². The molecule has 144 valence electrons. The Balaban J connectivity index is 1.67. The summed E-state index contributed by atoms with van der Waals surface area (Å²) in [5.41, 5.74) is 8.35. The van der Waals surface area contributed by atoms with E-state index in [4.69, 9.17) is 4.74 Å². The van der Waals surface area contributed by atoms with Crippen LogP contribution in [0.3, 0.4) is 0 Å². The fraction of sp³-hybridized carbons (Fsp3) is 0.389. The van der Waals surface area contributed by atoms with E-state index >= 15 is 0 Å². The number of hydrazine groups is 1. The first-order valence-corrected chi connectivity index (χ1v) is 9.67. The van der Waals surface area contributed by atoms with Crippen molar-refractivity contribution in [3.8, 4) is 0 Å². The van der Waals surface area contributed by atoms with Crippen molar-refractivity contribution in [2.75, 3.05) is 18.2 Å². The van der Waals surface area contributed by atoms with Crippen LogP contribution in [0.2, 0.25) is 0 Å². The number of nitrogens with zero attached hydrogens (tertiary/aromatic N) is 1. The van der Waals surface area contributed by atoms with Gasteiger partial charge in [-0.25, -0.2) is 10.4 Å². The summed E-state index contributed by atoms with van der Waals surface area (Å²) in [6.45, 7) is 2.05. The molecule has 0 saturated carbocycles. The Labute approximate surface area is 162 Å². The number of aliphatic imine (C=N–C) groups is 1. The average Bonchev–Trinajstić information content (AvgIpc) is 2.96. The normalized spacial score (nSPS) is 21.3. The van der Waals surface area contributed by atoms with Gasteiger partial charge in [0.1, 0.15) is 0 Å². The lowest BCUT2D eigenvalue weighted by Gasteiger charge is -2.11. The van der Waals surface area contributed by atoms with Crippen molar-refractivity contribution in [3.05, 3.63) is 36.0 Å². The summed E-state index contributed by atoms with van der Waals surface area (Å²) in [5, 5.41) is 6.82. The molecule has 2 aliphatic rings. The highest BCUT2D eigenvalue weighted by molar-refractivity contribution is 8.14. The van der Waals surface area contributed by atoms with Crippen molar-refractivity contribution in [2.24, 2.45) is 4.99 Å². The first kappa shape index (κ1) is 19.4. The lowest BCUT2D eigenvalue weighted by molar-refractivity contribution is -0.139. The number of fused-ring (bicyclic) bond motifs is 1. The van der Waals surface area contributed by atoms with Crippen LogP contribution in [0.4, 0.5) is 11.4 Å². The van der Waals surface area contributed by atoms with Gasteiger partial charge in [0, 0.05) is 11.7 Å². The highest BCUT2D eigenvalue weighted by Crippen LogP contribution is 2.30. The third-order valence-electron chi connectivity index (χ3n) is 4.07. The Bertz CT molecular complexity index is 780. The number of rotatable bonds is 5. The van der Waals surface area contributed by atoms with E-state index in [0.717, 1.165) is 17.8 Å². The standard InChI is InChI=1S/C18H23N5O3S/c1-11-7-15(23-22-11)21-16(24)10-27-17-8-12(9-18(25)26-2)19-13-5-3-4-6-14(13)20-17/h3-6,8,11,15,19,22-23H,7,9-10H2,1-2H3,(H,21,24). The predicted molar refractivity (Wildman–Crippen MR) is 107 cm³/mol. The van der Waals surface area contributed by atoms with Gasteiger partial charge in [-0.3, -0.25) is 15.0 Å². The molecule has 1 aromatic carbocycles. The van der Waals surface area contributed by atoms with Gasteiger partial charge in [-0.05, 0) is 31.6 Å². The van der Waals surface area contributed by atoms with E-state index < -0.39 is 0 Å². The zero-order valence-corrected chi connectivity index (χ0v) is 16.1. The van der Waals surface area contributed by atoms with Gasteiger partial charge in [-0.2, -0.15) is 0 Å². The molecule has 2 atom stereocenters. The molecule has 9 heteroatoms. The molecule has 4 N–H and O–H groups in total. The molecule has 1 aromatic rings. The number of nitrogens with one attached hydrogen (secondary N) is 4. The van der Waals surface area contributed by atoms with E-state index in [1.165, 1.54) is 18.9 Å². The molecule has 0 bridgehead atoms. The van der Waals surface area contributed by atoms with Crippen molar-refractivity contribution >= 4 is 40.1 Å². The first-order chi connectivity index (χ1) is 13.0. The minimum Gasteiger partial charge on any atom is -0.469 e. The maximum atomic E-state index is 12.2. The molecule has 0 aliphatic carbocycles. The van der Waals surface area contributed by atoms with Crippen LogP contribution in [0.15, 0.2) is 41.0 Å². The summed E-state index contributed by atoms with van der Waals surface area (Å²) in [6, 6.07) is 7.88. The second-order valence-electron chi connectivity index (χ2n) is 6.35. The number of hydrogen-bond acceptors (Lipinski definition) is 8. The number of thioether (sulfide) groups is 1. The smallest absolute Gasteiger partial charge is 0.311 e. The zero-order chi connectivity index (χ0) is 19.2. The summed E-state index contributed by atoms with van der Waals surface area (Å²) in [4.78, 5) is 28.5. The molecular formula is C18H23N5O3S. The van der Waals surface area contributed by atoms with Crippen molar-refractivity contribution in [2.45, 2.75) is 32.0 Å². The summed E-state index contributed by atoms with van der Waals surface area (Å²) < 4.78 is 4.75. The lowest BCUT2D eigenvalue weighted by atomic mass is 10.2. The topological polar surface area (TPSA) is 104 Å². The van der Waals surface area contributed by atoms with Crippen molar-refractivity contribution in [1.82, 2.24) is 16.2 Å². The molecule has 2 aliphatic heterocycles. The minimum atomic E-state index is -0.343. The number of anilines is 1. The van der Waals surface area contributed by atoms with Crippen LogP contribution in [0.25, 0.3) is 0 Å². The van der Waals surface area contributed by atoms with Gasteiger partial charge in [-0.1, -0.05) is 23.9 Å². The number of carbonyl (C=O) groups excluding carboxylic acids is 2. The van der Waals surface area contributed by atoms with Gasteiger partial charge in [0.25, 0.3) is 0 Å². The van der Waals surface area contributed by atoms with E-state index in [1.54, 1.807) is 6.08 Å². The monoisotopic (exact) mass is 389 g/mol. The van der Waals surface area contributed by atoms with Crippen LogP contribution in [-0.2, 0) is 14.3 Å². The average molecular weight is 389 g/mol. The first-order valence-electron chi connectivity index (χ1n) is 8.69. The number of amides is 1. The van der Waals surface area contributed by atoms with Crippen molar-refractivity contribution in [3.63, 3.8) is 0 Å². The summed E-state index contributed by atoms with van der Waals surface area (Å²) in [7, 11) is 1.36. The summed E-state index contributed by atoms with van der Waals surface area (Å²) in [5.74, 6) is -0.191. The minimum absolute atomic E-state index is 0.0722. The second kappa shape index (κ2) is 9.03. The molecule has 2 heterocycles. The van der Waals surface area contributed by atoms with Crippen molar-refractivity contribution in [1.29, 1.82) is 0 Å². The molecule has 0 spiro atoms. The highest BCUT2D eigenvalue weighted by Gasteiger charge is 2.22. The molecule has 1 saturated heterocycles. The number of hydrogen-bond donors (Lipinski definition) is 4. The molecule has 27 heavy (non-hydrogen) atoms. The number of carbonyl (C=O) groups is 2. The molecule has 1 amide bonds. The summed E-state index contributed by atoms with van der Waals surface area (Å²) in [6.07, 6.45) is 2.65. The fourth-order valence-electron chi connectivity index (χ4n) is 2.77. The van der Waals surface area contributed by atoms with Gasteiger partial charge < -0.3 is 15.4 Å². The third kappa shape index (κ3) is 5.56. The molecule has 8 nitrogen and oxygen atoms in total. The van der Waals surface area contributed by atoms with Gasteiger partial charge in [0.15, 0.2) is 0 Å². The van der Waals surface area contributed by atoms with Crippen LogP contribution in [-0.4, -0.2) is 42.0 Å². The largest absolute Gasteiger partial charge is 0.469 e. The van der Waals surface area contributed by atoms with Gasteiger partial charge in [0.2, 0.25) is 5.91 Å². The van der Waals surface area contributed by atoms with Crippen LogP contribution >= 0.6 is 11.8 Å². The fourth-order valence-corrected chi connectivity index (χ4v) is 3.52. The van der Waals surface area contributed by atoms with Gasteiger partial charge >= 0.3 is 5.97 Å². The zero-order valence-electron chi connectivity index (χ0n) is 15.2. The van der Waals surface area contributed by atoms with Gasteiger partial charge in [-0.15, -0.1) is 0 Å². The number of methoxy groups -OCH3 is 1. The maximum absolute atomic E-state index is 12.2. The Morgan fingerprint density at radius 3 is 2.89 bits per heavy atom. The number of para-hydroxylation sites is 2. The second-order valence-corrected chi connectivity index (χ2v) is 7.34. The molecular weight excluding hydrogens is 366 g/mol. The number of esters is 1. The van der Waals surface area contributed by atoms with Crippen LogP contribution in [0.5, 0.6) is 0 Å². The Morgan fingerprint density at radius 1 is 1.33 bits per heavy atom. The molecule has 0 radical (unpaired) electrons. The highest BCUT2D eigenvalue weighted by atomic mass is 32.2. The van der Waals surface area contributed by atoms with Crippen LogP contribution in [0.1, 0.15) is 19.8 Å². The Morgan fingerprint density at radius 2 is 2.15 bits per heavy atom. The van der Waals surface area contributed by atoms with Crippen molar-refractivity contribution < 1.29 is 14.3 Å². The van der Waals surface area contributed by atoms with Gasteiger partial charge in [0.05, 0.1) is 41.9 Å². The maximum Gasteiger partial charge on any atom is 0.311 e. The molecule has 3 rings (SSSR count). The SMILES string of the molecule is COC(=O)CC1=CC(SCC(=O)NC2CC(C)NN2)=Nc2ccccc2N1. The quantitative estimate of drug-likeness (QED) is 0.568. The number of ether oxygens (including phenoxy) is 1. The molecule has 0 aromatic heterocycles. The number of benzene rings is 1. The molecule has 2 unspecified atom stereocenters. The lowest BCUT2D eigenvalue weighted by Crippen LogP contribution is -2.45. The Hall–Kier alpha value is -2.36. The summed E-state index contributed by atoms with van der Waals surface area (Å²) >= 11 is 1.33. The predicted octanol–water partition coefficient (Wildman–Crippen LogP) is 1.65. The van der Waals surface area contributed by atoms with E-state index in [1.807, 2.05) is 31.2 Å². The van der Waals surface area contributed by atoms with E-state index in [-0.39, 0.29) is 30.2 Å².